The molecule has 3 atom stereocenters. The van der Waals surface area contributed by atoms with E-state index >= 15 is 0 Å². The van der Waals surface area contributed by atoms with Gasteiger partial charge in [-0.2, -0.15) is 0 Å². The van der Waals surface area contributed by atoms with Crippen LogP contribution in [0.4, 0.5) is 0 Å². The summed E-state index contributed by atoms with van der Waals surface area (Å²) in [6.45, 7) is 8.43. The monoisotopic (exact) mass is 395 g/mol. The van der Waals surface area contributed by atoms with Crippen molar-refractivity contribution >= 4 is 11.8 Å². The highest BCUT2D eigenvalue weighted by atomic mass is 16.3. The van der Waals surface area contributed by atoms with Crippen molar-refractivity contribution in [3.8, 4) is 11.3 Å². The van der Waals surface area contributed by atoms with Crippen LogP contribution in [0.15, 0.2) is 36.5 Å². The first-order valence-corrected chi connectivity index (χ1v) is 10.1. The third-order valence-electron chi connectivity index (χ3n) is 5.51. The lowest BCUT2D eigenvalue weighted by Crippen LogP contribution is -2.35. The minimum atomic E-state index is -0.356. The number of nitrogens with zero attached hydrogens (tertiary/aromatic N) is 1. The molecular weight excluding hydrogens is 366 g/mol. The number of pyridine rings is 1. The molecule has 0 spiro atoms. The average molecular weight is 396 g/mol. The number of hydrogen-bond acceptors (Lipinski definition) is 4. The first kappa shape index (κ1) is 21.0. The lowest BCUT2D eigenvalue weighted by Gasteiger charge is -2.22. The van der Waals surface area contributed by atoms with Crippen molar-refractivity contribution < 1.29 is 14.7 Å². The Morgan fingerprint density at radius 1 is 1.28 bits per heavy atom. The maximum atomic E-state index is 12.8. The molecule has 1 aliphatic rings. The van der Waals surface area contributed by atoms with E-state index in [1.807, 2.05) is 25.1 Å². The lowest BCUT2D eigenvalue weighted by molar-refractivity contribution is -0.120. The Hall–Kier alpha value is -2.73. The zero-order valence-electron chi connectivity index (χ0n) is 17.4. The summed E-state index contributed by atoms with van der Waals surface area (Å²) in [4.78, 5) is 29.9. The molecule has 2 aromatic rings. The number of aliphatic hydroxyl groups is 1. The van der Waals surface area contributed by atoms with Crippen molar-refractivity contribution in [1.29, 1.82) is 0 Å². The van der Waals surface area contributed by atoms with Gasteiger partial charge in [-0.05, 0) is 61.1 Å². The second-order valence-corrected chi connectivity index (χ2v) is 8.25. The van der Waals surface area contributed by atoms with E-state index in [1.54, 1.807) is 25.3 Å². The van der Waals surface area contributed by atoms with Gasteiger partial charge >= 0.3 is 0 Å². The number of benzene rings is 1. The van der Waals surface area contributed by atoms with Gasteiger partial charge in [0.25, 0.3) is 5.91 Å². The molecule has 1 aromatic carbocycles. The van der Waals surface area contributed by atoms with Gasteiger partial charge in [-0.3, -0.25) is 14.6 Å². The second-order valence-electron chi connectivity index (χ2n) is 8.25. The van der Waals surface area contributed by atoms with Crippen LogP contribution in [-0.2, 0) is 4.79 Å². The minimum Gasteiger partial charge on any atom is -0.394 e. The molecule has 1 aromatic heterocycles. The second kappa shape index (κ2) is 8.74. The summed E-state index contributed by atoms with van der Waals surface area (Å²) in [6.07, 6.45) is 1.79. The number of hydrogen-bond donors (Lipinski definition) is 3. The number of aliphatic hydroxyl groups excluding tert-OH is 1. The molecule has 6 heteroatoms. The third kappa shape index (κ3) is 4.65. The summed E-state index contributed by atoms with van der Waals surface area (Å²) in [6, 6.07) is 9.09. The Morgan fingerprint density at radius 2 is 2.03 bits per heavy atom. The van der Waals surface area contributed by atoms with E-state index in [0.717, 1.165) is 22.4 Å². The number of carbonyl (C=O) groups excluding carboxylic acids is 2. The quantitative estimate of drug-likeness (QED) is 0.701. The van der Waals surface area contributed by atoms with Crippen LogP contribution in [0.1, 0.15) is 48.2 Å². The number of nitrogens with one attached hydrogen (secondary N) is 2. The molecule has 0 saturated carbocycles. The van der Waals surface area contributed by atoms with Crippen molar-refractivity contribution in [3.63, 3.8) is 0 Å². The van der Waals surface area contributed by atoms with Gasteiger partial charge in [0.2, 0.25) is 5.91 Å². The molecule has 3 rings (SSSR count). The van der Waals surface area contributed by atoms with Gasteiger partial charge in [0, 0.05) is 29.9 Å². The van der Waals surface area contributed by atoms with E-state index in [9.17, 15) is 14.7 Å². The maximum absolute atomic E-state index is 12.8. The summed E-state index contributed by atoms with van der Waals surface area (Å²) in [5.41, 5.74) is 3.88. The molecule has 2 amide bonds. The van der Waals surface area contributed by atoms with E-state index in [0.29, 0.717) is 18.0 Å². The fourth-order valence-electron chi connectivity index (χ4n) is 3.76. The standard InChI is InChI=1S/C23H29N3O3/c1-13(2)19-11-25-23(29)21(19)17-7-16(20-6-5-14(3)10-24-20)8-18(9-17)22(28)26-15(4)12-27/h5-10,13,15,19,21,27H,11-12H2,1-4H3,(H,25,29)(H,26,28)/t15-,19?,21-/m0/s1. The van der Waals surface area contributed by atoms with Gasteiger partial charge in [0.05, 0.1) is 18.2 Å². The SMILES string of the molecule is Cc1ccc(-c2cc(C(=O)N[C@@H](C)CO)cc([C@@H]3C(=O)NCC3C(C)C)c2)nc1. The van der Waals surface area contributed by atoms with Crippen molar-refractivity contribution in [2.75, 3.05) is 13.2 Å². The van der Waals surface area contributed by atoms with Crippen LogP contribution in [0.2, 0.25) is 0 Å². The number of aryl methyl sites for hydroxylation is 1. The average Bonchev–Trinajstić information content (AvgIpc) is 3.09. The van der Waals surface area contributed by atoms with Crippen molar-refractivity contribution in [1.82, 2.24) is 15.6 Å². The Labute approximate surface area is 171 Å². The predicted molar refractivity (Wildman–Crippen MR) is 113 cm³/mol. The number of rotatable bonds is 6. The predicted octanol–water partition coefficient (Wildman–Crippen LogP) is 2.65. The number of aromatic nitrogens is 1. The molecule has 1 fully saturated rings. The first-order chi connectivity index (χ1) is 13.8. The van der Waals surface area contributed by atoms with Crippen molar-refractivity contribution in [3.05, 3.63) is 53.2 Å². The van der Waals surface area contributed by atoms with Gasteiger partial charge < -0.3 is 15.7 Å². The van der Waals surface area contributed by atoms with Crippen LogP contribution in [-0.4, -0.2) is 41.1 Å². The van der Waals surface area contributed by atoms with Gasteiger partial charge in [-0.15, -0.1) is 0 Å². The summed E-state index contributed by atoms with van der Waals surface area (Å²) < 4.78 is 0. The third-order valence-corrected chi connectivity index (χ3v) is 5.51. The molecule has 0 aliphatic carbocycles. The topological polar surface area (TPSA) is 91.3 Å². The fraction of sp³-hybridized carbons (Fsp3) is 0.435. The van der Waals surface area contributed by atoms with Crippen LogP contribution in [0.25, 0.3) is 11.3 Å². The van der Waals surface area contributed by atoms with Gasteiger partial charge in [0.1, 0.15) is 0 Å². The highest BCUT2D eigenvalue weighted by molar-refractivity contribution is 5.96. The van der Waals surface area contributed by atoms with E-state index in [2.05, 4.69) is 29.5 Å². The molecule has 0 bridgehead atoms. The molecule has 1 saturated heterocycles. The molecule has 1 unspecified atom stereocenters. The minimum absolute atomic E-state index is 0.00667. The first-order valence-electron chi connectivity index (χ1n) is 10.1. The summed E-state index contributed by atoms with van der Waals surface area (Å²) in [5.74, 6) is -0.0981. The van der Waals surface area contributed by atoms with E-state index in [1.165, 1.54) is 0 Å². The number of carbonyl (C=O) groups is 2. The highest BCUT2D eigenvalue weighted by Crippen LogP contribution is 2.36. The Kier molecular flexibility index (Phi) is 6.33. The molecule has 1 aliphatic heterocycles. The molecule has 154 valence electrons. The normalized spacial score (nSPS) is 19.9. The van der Waals surface area contributed by atoms with Crippen LogP contribution < -0.4 is 10.6 Å². The zero-order chi connectivity index (χ0) is 21.1. The summed E-state index contributed by atoms with van der Waals surface area (Å²) in [5, 5.41) is 15.0. The Morgan fingerprint density at radius 3 is 2.66 bits per heavy atom. The van der Waals surface area contributed by atoms with Gasteiger partial charge in [-0.1, -0.05) is 19.9 Å². The molecule has 6 nitrogen and oxygen atoms in total. The zero-order valence-corrected chi connectivity index (χ0v) is 17.4. The van der Waals surface area contributed by atoms with E-state index < -0.39 is 0 Å². The highest BCUT2D eigenvalue weighted by Gasteiger charge is 2.38. The number of amides is 2. The van der Waals surface area contributed by atoms with Crippen molar-refractivity contribution in [2.45, 2.75) is 39.7 Å². The fourth-order valence-corrected chi connectivity index (χ4v) is 3.76. The van der Waals surface area contributed by atoms with Crippen molar-refractivity contribution in [2.24, 2.45) is 11.8 Å². The van der Waals surface area contributed by atoms with Crippen LogP contribution >= 0.6 is 0 Å². The summed E-state index contributed by atoms with van der Waals surface area (Å²) >= 11 is 0. The Balaban J connectivity index is 2.08. The van der Waals surface area contributed by atoms with Gasteiger partial charge in [-0.25, -0.2) is 0 Å². The summed E-state index contributed by atoms with van der Waals surface area (Å²) in [7, 11) is 0. The van der Waals surface area contributed by atoms with Crippen LogP contribution in [0, 0.1) is 18.8 Å². The van der Waals surface area contributed by atoms with Crippen LogP contribution in [0.5, 0.6) is 0 Å². The van der Waals surface area contributed by atoms with E-state index in [4.69, 9.17) is 0 Å². The molecule has 29 heavy (non-hydrogen) atoms. The lowest BCUT2D eigenvalue weighted by atomic mass is 9.80. The maximum Gasteiger partial charge on any atom is 0.251 e. The molecule has 2 heterocycles. The molecule has 3 N–H and O–H groups in total. The Bertz CT molecular complexity index is 893. The van der Waals surface area contributed by atoms with E-state index in [-0.39, 0.29) is 36.3 Å². The van der Waals surface area contributed by atoms with Crippen LogP contribution in [0.3, 0.4) is 0 Å². The van der Waals surface area contributed by atoms with Gasteiger partial charge in [0.15, 0.2) is 0 Å². The largest absolute Gasteiger partial charge is 0.394 e. The molecular formula is C23H29N3O3. The smallest absolute Gasteiger partial charge is 0.251 e. The molecule has 0 radical (unpaired) electrons.